The summed E-state index contributed by atoms with van der Waals surface area (Å²) in [6, 6.07) is 12.4. The highest BCUT2D eigenvalue weighted by Gasteiger charge is 2.12. The molecule has 0 unspecified atom stereocenters. The number of aryl methyl sites for hydroxylation is 2. The molecule has 2 aromatic carbocycles. The van der Waals surface area contributed by atoms with Crippen LogP contribution in [0.5, 0.6) is 5.75 Å². The molecule has 5 heteroatoms. The number of hydrogen-bond donors (Lipinski definition) is 1. The summed E-state index contributed by atoms with van der Waals surface area (Å²) in [6.45, 7) is 6.14. The maximum absolute atomic E-state index is 12.0. The summed E-state index contributed by atoms with van der Waals surface area (Å²) in [5.74, 6) is -0.210. The van der Waals surface area contributed by atoms with Crippen molar-refractivity contribution in [1.29, 1.82) is 0 Å². The molecule has 0 radical (unpaired) electrons. The summed E-state index contributed by atoms with van der Waals surface area (Å²) >= 11 is 0. The van der Waals surface area contributed by atoms with Crippen molar-refractivity contribution < 1.29 is 19.1 Å². The molecular weight excluding hydrogens is 318 g/mol. The number of benzene rings is 2. The van der Waals surface area contributed by atoms with E-state index in [-0.39, 0.29) is 12.5 Å². The summed E-state index contributed by atoms with van der Waals surface area (Å²) in [5, 5.41) is 2.78. The largest absolute Gasteiger partial charge is 0.494 e. The summed E-state index contributed by atoms with van der Waals surface area (Å²) in [5.41, 5.74) is 3.05. The van der Waals surface area contributed by atoms with E-state index in [1.165, 1.54) is 0 Å². The number of nitrogens with one attached hydrogen (secondary N) is 1. The van der Waals surface area contributed by atoms with Gasteiger partial charge in [-0.1, -0.05) is 25.1 Å². The molecule has 25 heavy (non-hydrogen) atoms. The Morgan fingerprint density at radius 1 is 1.00 bits per heavy atom. The zero-order valence-electron chi connectivity index (χ0n) is 14.8. The van der Waals surface area contributed by atoms with Gasteiger partial charge in [0.2, 0.25) is 0 Å². The molecule has 132 valence electrons. The Hall–Kier alpha value is -2.82. The molecule has 0 atom stereocenters. The highest BCUT2D eigenvalue weighted by Crippen LogP contribution is 2.19. The second-order valence-electron chi connectivity index (χ2n) is 5.76. The first kappa shape index (κ1) is 18.5. The molecule has 0 saturated carbocycles. The Morgan fingerprint density at radius 2 is 1.64 bits per heavy atom. The van der Waals surface area contributed by atoms with E-state index in [9.17, 15) is 9.59 Å². The van der Waals surface area contributed by atoms with Gasteiger partial charge in [-0.25, -0.2) is 4.79 Å². The van der Waals surface area contributed by atoms with E-state index in [1.807, 2.05) is 39.0 Å². The summed E-state index contributed by atoms with van der Waals surface area (Å²) in [4.78, 5) is 24.0. The Kier molecular flexibility index (Phi) is 6.57. The molecule has 0 aliphatic rings. The number of carbonyl (C=O) groups excluding carboxylic acids is 2. The van der Waals surface area contributed by atoms with Crippen LogP contribution in [0.1, 0.15) is 34.8 Å². The predicted octanol–water partition coefficient (Wildman–Crippen LogP) is 3.89. The van der Waals surface area contributed by atoms with Gasteiger partial charge in [0.25, 0.3) is 5.91 Å². The first-order valence-corrected chi connectivity index (χ1v) is 8.27. The number of amides is 1. The van der Waals surface area contributed by atoms with E-state index in [2.05, 4.69) is 5.32 Å². The minimum atomic E-state index is -0.543. The molecule has 0 bridgehead atoms. The van der Waals surface area contributed by atoms with E-state index in [0.29, 0.717) is 17.9 Å². The summed E-state index contributed by atoms with van der Waals surface area (Å²) in [7, 11) is 0. The van der Waals surface area contributed by atoms with Crippen molar-refractivity contribution in [2.24, 2.45) is 0 Å². The van der Waals surface area contributed by atoms with E-state index < -0.39 is 5.97 Å². The van der Waals surface area contributed by atoms with Crippen LogP contribution >= 0.6 is 0 Å². The fourth-order valence-electron chi connectivity index (χ4n) is 2.31. The van der Waals surface area contributed by atoms with Crippen molar-refractivity contribution in [3.05, 3.63) is 59.2 Å². The van der Waals surface area contributed by atoms with Gasteiger partial charge >= 0.3 is 5.97 Å². The predicted molar refractivity (Wildman–Crippen MR) is 97.1 cm³/mol. The highest BCUT2D eigenvalue weighted by molar-refractivity contribution is 5.96. The van der Waals surface area contributed by atoms with E-state index in [0.717, 1.165) is 23.2 Å². The fourth-order valence-corrected chi connectivity index (χ4v) is 2.31. The van der Waals surface area contributed by atoms with Crippen molar-refractivity contribution in [2.45, 2.75) is 27.2 Å². The monoisotopic (exact) mass is 341 g/mol. The van der Waals surface area contributed by atoms with Crippen molar-refractivity contribution in [1.82, 2.24) is 0 Å². The van der Waals surface area contributed by atoms with Gasteiger partial charge in [0.05, 0.1) is 12.2 Å². The third-order valence-corrected chi connectivity index (χ3v) is 3.64. The van der Waals surface area contributed by atoms with Crippen LogP contribution < -0.4 is 10.1 Å². The fraction of sp³-hybridized carbons (Fsp3) is 0.300. The lowest BCUT2D eigenvalue weighted by Gasteiger charge is -2.11. The van der Waals surface area contributed by atoms with E-state index in [4.69, 9.17) is 9.47 Å². The molecule has 2 aromatic rings. The summed E-state index contributed by atoms with van der Waals surface area (Å²) in [6.07, 6.45) is 0.916. The second kappa shape index (κ2) is 8.87. The lowest BCUT2D eigenvalue weighted by molar-refractivity contribution is -0.119. The first-order valence-electron chi connectivity index (χ1n) is 8.27. The molecular formula is C20H23NO4. The third-order valence-electron chi connectivity index (χ3n) is 3.64. The lowest BCUT2D eigenvalue weighted by atomic mass is 10.1. The maximum atomic E-state index is 12.0. The van der Waals surface area contributed by atoms with E-state index >= 15 is 0 Å². The lowest BCUT2D eigenvalue weighted by Crippen LogP contribution is -2.21. The average Bonchev–Trinajstić information content (AvgIpc) is 2.61. The highest BCUT2D eigenvalue weighted by atomic mass is 16.5. The Labute approximate surface area is 148 Å². The van der Waals surface area contributed by atoms with Gasteiger partial charge in [-0.15, -0.1) is 0 Å². The number of anilines is 1. The van der Waals surface area contributed by atoms with Crippen molar-refractivity contribution in [2.75, 3.05) is 18.5 Å². The SMILES string of the molecule is CCCOc1ccc(C(=O)OCC(=O)Nc2c(C)cccc2C)cc1. The van der Waals surface area contributed by atoms with Crippen LogP contribution in [0.4, 0.5) is 5.69 Å². The van der Waals surface area contributed by atoms with Gasteiger partial charge < -0.3 is 14.8 Å². The Balaban J connectivity index is 1.88. The molecule has 0 aliphatic heterocycles. The zero-order chi connectivity index (χ0) is 18.2. The molecule has 0 saturated heterocycles. The molecule has 0 heterocycles. The maximum Gasteiger partial charge on any atom is 0.338 e. The van der Waals surface area contributed by atoms with E-state index in [1.54, 1.807) is 24.3 Å². The average molecular weight is 341 g/mol. The van der Waals surface area contributed by atoms with Gasteiger partial charge in [0.15, 0.2) is 6.61 Å². The second-order valence-corrected chi connectivity index (χ2v) is 5.76. The smallest absolute Gasteiger partial charge is 0.338 e. The van der Waals surface area contributed by atoms with Crippen molar-refractivity contribution in [3.63, 3.8) is 0 Å². The zero-order valence-corrected chi connectivity index (χ0v) is 14.8. The van der Waals surface area contributed by atoms with Crippen LogP contribution in [0.2, 0.25) is 0 Å². The van der Waals surface area contributed by atoms with Gasteiger partial charge in [-0.2, -0.15) is 0 Å². The van der Waals surface area contributed by atoms with Crippen LogP contribution in [0, 0.1) is 13.8 Å². The number of para-hydroxylation sites is 1. The quantitative estimate of drug-likeness (QED) is 0.776. The van der Waals surface area contributed by atoms with Crippen molar-refractivity contribution >= 4 is 17.6 Å². The molecule has 1 N–H and O–H groups in total. The van der Waals surface area contributed by atoms with Crippen LogP contribution in [0.3, 0.4) is 0 Å². The molecule has 0 aromatic heterocycles. The molecule has 2 rings (SSSR count). The standard InChI is InChI=1S/C20H23NO4/c1-4-12-24-17-10-8-16(9-11-17)20(23)25-13-18(22)21-19-14(2)6-5-7-15(19)3/h5-11H,4,12-13H2,1-3H3,(H,21,22). The van der Waals surface area contributed by atoms with Crippen LogP contribution in [-0.4, -0.2) is 25.1 Å². The third kappa shape index (κ3) is 5.35. The molecule has 1 amide bonds. The topological polar surface area (TPSA) is 64.6 Å². The number of ether oxygens (including phenoxy) is 2. The Morgan fingerprint density at radius 3 is 2.24 bits per heavy atom. The summed E-state index contributed by atoms with van der Waals surface area (Å²) < 4.78 is 10.5. The number of carbonyl (C=O) groups is 2. The van der Waals surface area contributed by atoms with Crippen LogP contribution in [-0.2, 0) is 9.53 Å². The van der Waals surface area contributed by atoms with Crippen LogP contribution in [0.15, 0.2) is 42.5 Å². The normalized spacial score (nSPS) is 10.2. The van der Waals surface area contributed by atoms with Gasteiger partial charge in [-0.3, -0.25) is 4.79 Å². The van der Waals surface area contributed by atoms with Gasteiger partial charge in [0.1, 0.15) is 5.75 Å². The molecule has 5 nitrogen and oxygen atoms in total. The number of hydrogen-bond acceptors (Lipinski definition) is 4. The Bertz CT molecular complexity index is 718. The molecule has 0 aliphatic carbocycles. The number of rotatable bonds is 7. The minimum absolute atomic E-state index is 0.333. The molecule has 0 fully saturated rings. The first-order chi connectivity index (χ1) is 12.0. The van der Waals surface area contributed by atoms with Gasteiger partial charge in [0, 0.05) is 5.69 Å². The van der Waals surface area contributed by atoms with Gasteiger partial charge in [-0.05, 0) is 55.7 Å². The molecule has 0 spiro atoms. The van der Waals surface area contributed by atoms with Crippen molar-refractivity contribution in [3.8, 4) is 5.75 Å². The van der Waals surface area contributed by atoms with Crippen LogP contribution in [0.25, 0.3) is 0 Å². The minimum Gasteiger partial charge on any atom is -0.494 e. The number of esters is 1.